The molecule has 4 aromatic rings. The van der Waals surface area contributed by atoms with E-state index in [-0.39, 0.29) is 12.1 Å². The summed E-state index contributed by atoms with van der Waals surface area (Å²) in [5.41, 5.74) is 9.23. The van der Waals surface area contributed by atoms with Gasteiger partial charge in [0.1, 0.15) is 5.82 Å². The van der Waals surface area contributed by atoms with Gasteiger partial charge < -0.3 is 14.8 Å². The summed E-state index contributed by atoms with van der Waals surface area (Å²) >= 11 is 5.92. The molecule has 1 aromatic carbocycles. The van der Waals surface area contributed by atoms with Gasteiger partial charge in [-0.3, -0.25) is 4.98 Å². The topological polar surface area (TPSA) is 46.0 Å². The molecular formula is C28H29N5S. The second-order valence-corrected chi connectivity index (χ2v) is 9.46. The van der Waals surface area contributed by atoms with Crippen LogP contribution in [0.2, 0.25) is 0 Å². The summed E-state index contributed by atoms with van der Waals surface area (Å²) in [7, 11) is 0. The van der Waals surface area contributed by atoms with Crippen molar-refractivity contribution < 1.29 is 0 Å². The second kappa shape index (κ2) is 8.69. The van der Waals surface area contributed by atoms with Crippen LogP contribution in [0.5, 0.6) is 0 Å². The van der Waals surface area contributed by atoms with Gasteiger partial charge >= 0.3 is 0 Å². The van der Waals surface area contributed by atoms with Crippen molar-refractivity contribution in [3.05, 3.63) is 106 Å². The van der Waals surface area contributed by atoms with Gasteiger partial charge in [0.25, 0.3) is 0 Å². The Morgan fingerprint density at radius 3 is 2.32 bits per heavy atom. The summed E-state index contributed by atoms with van der Waals surface area (Å²) in [5, 5.41) is 4.29. The smallest absolute Gasteiger partial charge is 0.174 e. The van der Waals surface area contributed by atoms with Crippen LogP contribution in [0.15, 0.2) is 67.0 Å². The van der Waals surface area contributed by atoms with Crippen LogP contribution in [0.4, 0.5) is 5.69 Å². The zero-order valence-corrected chi connectivity index (χ0v) is 21.0. The fourth-order valence-corrected chi connectivity index (χ4v) is 5.29. The normalized spacial score (nSPS) is 17.8. The Bertz CT molecular complexity index is 1380. The van der Waals surface area contributed by atoms with E-state index in [0.29, 0.717) is 5.11 Å². The number of rotatable bonds is 4. The monoisotopic (exact) mass is 467 g/mol. The van der Waals surface area contributed by atoms with Gasteiger partial charge in [0.2, 0.25) is 0 Å². The number of anilines is 1. The fourth-order valence-electron chi connectivity index (χ4n) is 4.95. The van der Waals surface area contributed by atoms with E-state index in [0.717, 1.165) is 34.2 Å². The molecule has 3 aromatic heterocycles. The summed E-state index contributed by atoms with van der Waals surface area (Å²) in [6.45, 7) is 10.7. The Morgan fingerprint density at radius 2 is 1.62 bits per heavy atom. The minimum absolute atomic E-state index is 0.0477. The third kappa shape index (κ3) is 3.68. The molecule has 0 amide bonds. The third-order valence-electron chi connectivity index (χ3n) is 6.85. The predicted octanol–water partition coefficient (Wildman–Crippen LogP) is 5.99. The van der Waals surface area contributed by atoms with E-state index in [1.807, 2.05) is 30.6 Å². The fraction of sp³-hybridized carbons (Fsp3) is 0.250. The summed E-state index contributed by atoms with van der Waals surface area (Å²) in [5.74, 6) is 0.962. The van der Waals surface area contributed by atoms with Crippen molar-refractivity contribution in [2.75, 3.05) is 4.90 Å². The molecule has 0 saturated carbocycles. The van der Waals surface area contributed by atoms with Gasteiger partial charge in [-0.1, -0.05) is 18.2 Å². The number of pyridine rings is 2. The van der Waals surface area contributed by atoms with E-state index in [1.165, 1.54) is 16.7 Å². The second-order valence-electron chi connectivity index (χ2n) is 9.07. The molecule has 4 heterocycles. The quantitative estimate of drug-likeness (QED) is 0.374. The maximum absolute atomic E-state index is 5.92. The van der Waals surface area contributed by atoms with Crippen molar-refractivity contribution in [1.82, 2.24) is 19.9 Å². The van der Waals surface area contributed by atoms with Crippen LogP contribution in [0.25, 0.3) is 5.82 Å². The van der Waals surface area contributed by atoms with Crippen LogP contribution in [0.1, 0.15) is 51.4 Å². The lowest BCUT2D eigenvalue weighted by molar-refractivity contribution is 0.565. The van der Waals surface area contributed by atoms with Gasteiger partial charge in [-0.15, -0.1) is 0 Å². The zero-order chi connectivity index (χ0) is 24.0. The molecular weight excluding hydrogens is 438 g/mol. The molecule has 1 N–H and O–H groups in total. The lowest BCUT2D eigenvalue weighted by Crippen LogP contribution is -2.29. The van der Waals surface area contributed by atoms with Gasteiger partial charge in [-0.05, 0) is 105 Å². The van der Waals surface area contributed by atoms with E-state index >= 15 is 0 Å². The van der Waals surface area contributed by atoms with E-state index in [2.05, 4.69) is 85.8 Å². The minimum Gasteiger partial charge on any atom is -0.351 e. The third-order valence-corrected chi connectivity index (χ3v) is 7.16. The van der Waals surface area contributed by atoms with Gasteiger partial charge in [-0.2, -0.15) is 0 Å². The number of hydrogen-bond acceptors (Lipinski definition) is 3. The summed E-state index contributed by atoms with van der Waals surface area (Å²) in [6, 6.07) is 18.8. The Balaban J connectivity index is 1.70. The van der Waals surface area contributed by atoms with Gasteiger partial charge in [0.05, 0.1) is 17.8 Å². The van der Waals surface area contributed by atoms with E-state index < -0.39 is 0 Å². The number of hydrogen-bond donors (Lipinski definition) is 1. The molecule has 1 fully saturated rings. The predicted molar refractivity (Wildman–Crippen MR) is 142 cm³/mol. The zero-order valence-electron chi connectivity index (χ0n) is 20.2. The average molecular weight is 468 g/mol. The minimum atomic E-state index is -0.0749. The molecule has 1 aliphatic heterocycles. The molecule has 1 aliphatic rings. The van der Waals surface area contributed by atoms with Crippen LogP contribution >= 0.6 is 12.2 Å². The maximum atomic E-state index is 5.92. The Labute approximate surface area is 206 Å². The molecule has 0 bridgehead atoms. The molecule has 34 heavy (non-hydrogen) atoms. The van der Waals surface area contributed by atoms with Crippen LogP contribution < -0.4 is 10.2 Å². The number of nitrogens with one attached hydrogen (secondary N) is 1. The number of benzene rings is 1. The van der Waals surface area contributed by atoms with Crippen LogP contribution in [-0.4, -0.2) is 19.6 Å². The summed E-state index contributed by atoms with van der Waals surface area (Å²) < 4.78 is 2.25. The lowest BCUT2D eigenvalue weighted by atomic mass is 9.96. The first-order valence-corrected chi connectivity index (χ1v) is 12.0. The highest BCUT2D eigenvalue weighted by molar-refractivity contribution is 7.80. The highest BCUT2D eigenvalue weighted by atomic mass is 32.1. The van der Waals surface area contributed by atoms with Crippen LogP contribution in [0.3, 0.4) is 0 Å². The SMILES string of the molecule is Cc1ccc(N2C(=S)N[C@H](c3ccccn3)[C@@H]2c2cc(C)n(-c3ncccc3C)c2C)cc1C. The van der Waals surface area contributed by atoms with Crippen molar-refractivity contribution in [1.29, 1.82) is 0 Å². The standard InChI is InChI=1S/C28H29N5S/c1-17-11-12-22(15-19(17)3)33-26(25(31-28(33)34)24-10-6-7-13-29-24)23-16-20(4)32(21(23)5)27-18(2)9-8-14-30-27/h6-16,25-26H,1-5H3,(H,31,34)/t25-,26+/m1/s1. The number of aryl methyl sites for hydroxylation is 4. The molecule has 0 spiro atoms. The molecule has 172 valence electrons. The van der Waals surface area contributed by atoms with Crippen molar-refractivity contribution in [3.63, 3.8) is 0 Å². The molecule has 5 rings (SSSR count). The molecule has 0 radical (unpaired) electrons. The molecule has 0 aliphatic carbocycles. The largest absolute Gasteiger partial charge is 0.351 e. The first-order chi connectivity index (χ1) is 16.4. The Morgan fingerprint density at radius 1 is 0.824 bits per heavy atom. The summed E-state index contributed by atoms with van der Waals surface area (Å²) in [4.78, 5) is 11.6. The number of thiocarbonyl (C=S) groups is 1. The van der Waals surface area contributed by atoms with E-state index in [4.69, 9.17) is 22.2 Å². The first-order valence-electron chi connectivity index (χ1n) is 11.6. The molecule has 5 nitrogen and oxygen atoms in total. The van der Waals surface area contributed by atoms with E-state index in [1.54, 1.807) is 0 Å². The van der Waals surface area contributed by atoms with Gasteiger partial charge in [-0.25, -0.2) is 4.98 Å². The van der Waals surface area contributed by atoms with Crippen LogP contribution in [-0.2, 0) is 0 Å². The highest BCUT2D eigenvalue weighted by Crippen LogP contribution is 2.44. The molecule has 2 atom stereocenters. The molecule has 0 unspecified atom stereocenters. The highest BCUT2D eigenvalue weighted by Gasteiger charge is 2.42. The van der Waals surface area contributed by atoms with Gasteiger partial charge in [0, 0.05) is 29.5 Å². The van der Waals surface area contributed by atoms with E-state index in [9.17, 15) is 0 Å². The van der Waals surface area contributed by atoms with Crippen molar-refractivity contribution >= 4 is 23.0 Å². The van der Waals surface area contributed by atoms with Crippen LogP contribution in [0, 0.1) is 34.6 Å². The maximum Gasteiger partial charge on any atom is 0.174 e. The molecule has 1 saturated heterocycles. The van der Waals surface area contributed by atoms with Crippen molar-refractivity contribution in [3.8, 4) is 5.82 Å². The number of aromatic nitrogens is 3. The number of nitrogens with zero attached hydrogens (tertiary/aromatic N) is 4. The van der Waals surface area contributed by atoms with Gasteiger partial charge in [0.15, 0.2) is 5.11 Å². The van der Waals surface area contributed by atoms with Crippen molar-refractivity contribution in [2.24, 2.45) is 0 Å². The summed E-state index contributed by atoms with van der Waals surface area (Å²) in [6.07, 6.45) is 3.70. The lowest BCUT2D eigenvalue weighted by Gasteiger charge is -2.28. The Hall–Kier alpha value is -3.51. The Kier molecular flexibility index (Phi) is 5.70. The van der Waals surface area contributed by atoms with Crippen molar-refractivity contribution in [2.45, 2.75) is 46.7 Å². The average Bonchev–Trinajstić information content (AvgIpc) is 3.32. The first kappa shape index (κ1) is 22.3. The molecule has 6 heteroatoms.